The predicted molar refractivity (Wildman–Crippen MR) is 483 cm³/mol. The second-order valence-corrected chi connectivity index (χ2v) is 34.2. The zero-order valence-corrected chi connectivity index (χ0v) is 76.1. The molecule has 1 aliphatic heterocycles. The number of guanidine groups is 2. The van der Waals surface area contributed by atoms with Gasteiger partial charge in [-0.25, -0.2) is 0 Å². The van der Waals surface area contributed by atoms with Crippen molar-refractivity contribution in [3.8, 4) is 5.75 Å². The van der Waals surface area contributed by atoms with Crippen molar-refractivity contribution in [1.29, 1.82) is 0 Å². The van der Waals surface area contributed by atoms with E-state index in [2.05, 4.69) is 80.7 Å². The highest BCUT2D eigenvalue weighted by Crippen LogP contribution is 2.21. The minimum atomic E-state index is -2.07. The molecule has 0 aliphatic carbocycles. The third kappa shape index (κ3) is 47.3. The Labute approximate surface area is 746 Å². The molecule has 0 radical (unpaired) electrons. The molecule has 1 aliphatic rings. The number of ketones is 1. The van der Waals surface area contributed by atoms with E-state index in [9.17, 15) is 68.7 Å². The number of nitrogens with zero attached hydrogens (tertiary/aromatic N) is 2. The van der Waals surface area contributed by atoms with Crippen molar-refractivity contribution in [2.24, 2.45) is 56.2 Å². The van der Waals surface area contributed by atoms with Crippen LogP contribution >= 0.6 is 11.8 Å². The number of benzene rings is 1. The highest BCUT2D eigenvalue weighted by atomic mass is 32.2. The average molecular weight is 1800 g/mol. The number of rotatable bonds is 48. The SMILES string of the molecule is CCCCCCCCCCCCCCCCC1NC(=O)[C@H](CC(C)N=C(N)N)NC(=O)[C@H](CCCC)NC(=O)[C@H](Cc2ccc(O)cc2)NC(=O)[C@H](CCCCO)NC(=O)[C@H](CC(=O)O)NC(=O)[C@H]([C@@H](C)O)NC(=O)[C@H](CCSC)CC(=O)[C@H](CO)NC(=O)[C@H](CCCN=C(N)N)NC(=O)[C@H](CC(C)C)NC(=O)[C@H](CCCCN)NC(=O)[C@H](CCCCN)NC1=O. The number of hydrogen-bond donors (Lipinski definition) is 23. The number of carboxylic acids is 1. The molecule has 1 fully saturated rings. The van der Waals surface area contributed by atoms with E-state index in [4.69, 9.17) is 34.4 Å². The summed E-state index contributed by atoms with van der Waals surface area (Å²) in [6, 6.07) is -14.8. The van der Waals surface area contributed by atoms with Crippen LogP contribution in [0.4, 0.5) is 0 Å². The van der Waals surface area contributed by atoms with Gasteiger partial charge in [-0.1, -0.05) is 143 Å². The number of Topliss-reactive ketones (excluding diaryl/α,β-unsaturated/α-hetero) is 1. The van der Waals surface area contributed by atoms with Gasteiger partial charge in [0, 0.05) is 31.9 Å². The molecule has 29 N–H and O–H groups in total. The fourth-order valence-electron chi connectivity index (χ4n) is 14.4. The molecule has 2 unspecified atom stereocenters. The highest BCUT2D eigenvalue weighted by molar-refractivity contribution is 7.98. The van der Waals surface area contributed by atoms with Crippen molar-refractivity contribution < 1.29 is 92.7 Å². The Kier molecular flexibility index (Phi) is 58.2. The molecule has 2 rings (SSSR count). The number of carboxylic acid groups (broad SMARTS) is 1. The molecule has 0 aromatic heterocycles. The van der Waals surface area contributed by atoms with Crippen LogP contribution in [0.5, 0.6) is 5.75 Å². The number of phenolic OH excluding ortho intramolecular Hbond substituents is 1. The third-order valence-electron chi connectivity index (χ3n) is 21.6. The van der Waals surface area contributed by atoms with Gasteiger partial charge in [0.15, 0.2) is 17.7 Å². The van der Waals surface area contributed by atoms with Gasteiger partial charge in [0.05, 0.1) is 25.2 Å². The van der Waals surface area contributed by atoms with Crippen molar-refractivity contribution in [1.82, 2.24) is 63.8 Å². The molecule has 0 spiro atoms. The summed E-state index contributed by atoms with van der Waals surface area (Å²) in [5, 5.41) is 83.9. The second kappa shape index (κ2) is 65.1. The number of hydrogen-bond acceptors (Lipinski definition) is 23. The van der Waals surface area contributed by atoms with Crippen molar-refractivity contribution in [2.75, 3.05) is 44.9 Å². The first-order valence-electron chi connectivity index (χ1n) is 45.2. The summed E-state index contributed by atoms with van der Waals surface area (Å²) >= 11 is 1.25. The third-order valence-corrected chi connectivity index (χ3v) is 22.3. The molecule has 0 saturated carbocycles. The molecule has 0 bridgehead atoms. The fourth-order valence-corrected chi connectivity index (χ4v) is 14.9. The number of nitrogens with one attached hydrogen (secondary N) is 12. The molecule has 1 saturated heterocycles. The highest BCUT2D eigenvalue weighted by Gasteiger charge is 2.40. The Balaban J connectivity index is 3.16. The van der Waals surface area contributed by atoms with Crippen molar-refractivity contribution in [3.05, 3.63) is 29.8 Å². The number of phenols is 1. The first kappa shape index (κ1) is 113. The number of thioether (sulfide) groups is 1. The number of amides is 12. The number of aliphatic hydroxyl groups excluding tert-OH is 3. The number of aliphatic imine (C=N–C) groups is 2. The summed E-state index contributed by atoms with van der Waals surface area (Å²) < 4.78 is 0. The summed E-state index contributed by atoms with van der Waals surface area (Å²) in [5.41, 5.74) is 35.3. The quantitative estimate of drug-likeness (QED) is 0.0241. The van der Waals surface area contributed by atoms with E-state index in [1.54, 1.807) is 27.0 Å². The molecule has 12 amide bonds. The minimum absolute atomic E-state index is 0.0111. The van der Waals surface area contributed by atoms with Crippen LogP contribution in [-0.4, -0.2) is 250 Å². The van der Waals surface area contributed by atoms with Crippen LogP contribution < -0.4 is 98.2 Å². The molecule has 716 valence electrons. The largest absolute Gasteiger partial charge is 0.508 e. The van der Waals surface area contributed by atoms with E-state index < -0.39 is 199 Å². The van der Waals surface area contributed by atoms with Crippen LogP contribution in [0.1, 0.15) is 265 Å². The van der Waals surface area contributed by atoms with Crippen LogP contribution in [0.15, 0.2) is 34.3 Å². The monoisotopic (exact) mass is 1800 g/mol. The number of nitrogens with two attached hydrogens (primary N) is 6. The van der Waals surface area contributed by atoms with Crippen LogP contribution in [0.3, 0.4) is 0 Å². The van der Waals surface area contributed by atoms with Crippen LogP contribution in [-0.2, 0) is 73.5 Å². The van der Waals surface area contributed by atoms with E-state index in [0.29, 0.717) is 44.1 Å². The molecule has 40 heteroatoms. The van der Waals surface area contributed by atoms with Crippen molar-refractivity contribution >= 4 is 106 Å². The van der Waals surface area contributed by atoms with E-state index in [1.165, 1.54) is 74.6 Å². The van der Waals surface area contributed by atoms with E-state index in [1.807, 2.05) is 6.92 Å². The second-order valence-electron chi connectivity index (χ2n) is 33.2. The van der Waals surface area contributed by atoms with Gasteiger partial charge in [-0.3, -0.25) is 77.1 Å². The van der Waals surface area contributed by atoms with E-state index in [-0.39, 0.29) is 145 Å². The standard InChI is InChI=1S/C86H152N20O19S/c1-8-10-12-13-14-15-16-17-18-19-20-21-22-23-32-60-74(115)95-61(33-24-27-42-87)75(116)96-62(34-25-28-43-88)77(118)101-65(47-53(3)4)80(121)100-64(36-30-44-93-85(89)90)79(120)105-69(52-108)70(111)50-57(41-46-126-7)73(114)106-72(55(6)109)84(125)104-68(51-71(112)113)83(124)99-63(35-26-29-45-107)78(119)103-67(49-56-37-39-58(110)40-38-56)82(123)97-59(31-11-9-2)76(117)102-66(81(122)98-60)48-54(5)94-86(91)92/h37-40,53-55,57,59-69,72,107-110H,8-36,41-52,87-88H2,1-7H3,(H,95,115)(H,96,116)(H,97,123)(H,98,122)(H,99,124)(H,100,121)(H,101,118)(H,102,117)(H,103,119)(H,104,125)(H,105,120)(H,106,114)(H,112,113)(H4,89,90,93)(H4,91,92,94)/t54?,55-,57-,59+,60?,61+,62+,63+,64+,65+,66+,67+,68+,69+,72+/m1/s1. The summed E-state index contributed by atoms with van der Waals surface area (Å²) in [5.74, 6) is -16.9. The predicted octanol–water partition coefficient (Wildman–Crippen LogP) is 0.576. The number of carbonyl (C=O) groups is 14. The van der Waals surface area contributed by atoms with Gasteiger partial charge >= 0.3 is 5.97 Å². The summed E-state index contributed by atoms with van der Waals surface area (Å²) in [6.45, 7) is 9.03. The molecular weight excluding hydrogens is 1650 g/mol. The Morgan fingerprint density at radius 1 is 0.429 bits per heavy atom. The number of carbonyl (C=O) groups excluding carboxylic acids is 13. The Bertz CT molecular complexity index is 3540. The van der Waals surface area contributed by atoms with Gasteiger partial charge < -0.3 is 124 Å². The number of aliphatic hydroxyl groups is 3. The number of aliphatic carboxylic acids is 1. The number of aromatic hydroxyl groups is 1. The lowest BCUT2D eigenvalue weighted by Crippen LogP contribution is -2.61. The van der Waals surface area contributed by atoms with Crippen LogP contribution in [0.2, 0.25) is 0 Å². The van der Waals surface area contributed by atoms with E-state index >= 15 is 24.0 Å². The zero-order chi connectivity index (χ0) is 94.1. The average Bonchev–Trinajstić information content (AvgIpc) is 0.852. The maximum atomic E-state index is 15.3. The van der Waals surface area contributed by atoms with Gasteiger partial charge in [0.2, 0.25) is 70.9 Å². The molecule has 1 aromatic carbocycles. The van der Waals surface area contributed by atoms with Crippen molar-refractivity contribution in [2.45, 2.75) is 351 Å². The summed E-state index contributed by atoms with van der Waals surface area (Å²) in [4.78, 5) is 214. The van der Waals surface area contributed by atoms with Crippen LogP contribution in [0.25, 0.3) is 0 Å². The molecule has 1 aromatic rings. The Morgan fingerprint density at radius 3 is 1.19 bits per heavy atom. The zero-order valence-electron chi connectivity index (χ0n) is 75.3. The maximum absolute atomic E-state index is 15.3. The van der Waals surface area contributed by atoms with Gasteiger partial charge in [0.25, 0.3) is 0 Å². The topological polar surface area (TPSA) is 665 Å². The first-order valence-corrected chi connectivity index (χ1v) is 46.6. The van der Waals surface area contributed by atoms with Gasteiger partial charge in [-0.05, 0) is 165 Å². The smallest absolute Gasteiger partial charge is 0.305 e. The van der Waals surface area contributed by atoms with Gasteiger partial charge in [0.1, 0.15) is 78.3 Å². The number of unbranched alkanes of at least 4 members (excludes halogenated alkanes) is 17. The lowest BCUT2D eigenvalue weighted by molar-refractivity contribution is -0.142. The lowest BCUT2D eigenvalue weighted by atomic mass is 9.94. The molecule has 1 heterocycles. The minimum Gasteiger partial charge on any atom is -0.508 e. The lowest BCUT2D eigenvalue weighted by Gasteiger charge is -2.29. The van der Waals surface area contributed by atoms with E-state index in [0.717, 1.165) is 45.4 Å². The molecular formula is C86H152N20O19S. The molecule has 39 nitrogen and oxygen atoms in total. The Hall–Kier alpha value is -9.51. The first-order chi connectivity index (χ1) is 60.1. The molecule has 15 atom stereocenters. The van der Waals surface area contributed by atoms with Gasteiger partial charge in [-0.15, -0.1) is 0 Å². The van der Waals surface area contributed by atoms with Gasteiger partial charge in [-0.2, -0.15) is 11.8 Å². The summed E-state index contributed by atoms with van der Waals surface area (Å²) in [6.07, 6.45) is 13.0. The van der Waals surface area contributed by atoms with Crippen molar-refractivity contribution in [3.63, 3.8) is 0 Å². The Morgan fingerprint density at radius 2 is 0.794 bits per heavy atom. The summed E-state index contributed by atoms with van der Waals surface area (Å²) in [7, 11) is 0. The fraction of sp³-hybridized carbons (Fsp3) is 0.744. The van der Waals surface area contributed by atoms with Crippen LogP contribution in [0, 0.1) is 11.8 Å². The maximum Gasteiger partial charge on any atom is 0.305 e. The molecule has 126 heavy (non-hydrogen) atoms. The normalized spacial score (nSPS) is 23.2.